The Morgan fingerprint density at radius 1 is 1.44 bits per heavy atom. The van der Waals surface area contributed by atoms with Crippen molar-refractivity contribution in [3.05, 3.63) is 51.7 Å². The van der Waals surface area contributed by atoms with Gasteiger partial charge >= 0.3 is 0 Å². The Morgan fingerprint density at radius 3 is 3.04 bits per heavy atom. The highest BCUT2D eigenvalue weighted by Crippen LogP contribution is 2.19. The van der Waals surface area contributed by atoms with Gasteiger partial charge in [-0.1, -0.05) is 31.2 Å². The number of rotatable bonds is 6. The first kappa shape index (κ1) is 17.4. The zero-order chi connectivity index (χ0) is 17.6. The average molecular weight is 344 g/mol. The highest BCUT2D eigenvalue weighted by Gasteiger charge is 2.31. The molecule has 0 saturated carbocycles. The molecule has 25 heavy (non-hydrogen) atoms. The molecule has 0 aromatic heterocycles. The summed E-state index contributed by atoms with van der Waals surface area (Å²) < 4.78 is 5.41. The van der Waals surface area contributed by atoms with Crippen molar-refractivity contribution < 1.29 is 9.77 Å². The summed E-state index contributed by atoms with van der Waals surface area (Å²) in [5.74, 6) is 0.835. The molecule has 0 spiro atoms. The van der Waals surface area contributed by atoms with Crippen LogP contribution in [-0.4, -0.2) is 53.6 Å². The number of aryl methyl sites for hydroxylation is 1. The molecule has 1 atom stereocenters. The number of nitrogens with zero attached hydrogens (tertiary/aromatic N) is 4. The van der Waals surface area contributed by atoms with Gasteiger partial charge in [-0.15, -0.1) is 0 Å². The van der Waals surface area contributed by atoms with Gasteiger partial charge < -0.3 is 14.5 Å². The fraction of sp³-hybridized carbons (Fsp3) is 0.500. The largest absolute Gasteiger partial charge is 0.381 e. The van der Waals surface area contributed by atoms with E-state index in [4.69, 9.17) is 4.74 Å². The van der Waals surface area contributed by atoms with Crippen LogP contribution in [0.3, 0.4) is 0 Å². The molecule has 0 bridgehead atoms. The molecule has 2 fully saturated rings. The molecule has 0 N–H and O–H groups in total. The number of hydrogen-bond donors (Lipinski definition) is 0. The summed E-state index contributed by atoms with van der Waals surface area (Å²) >= 11 is 0. The van der Waals surface area contributed by atoms with Gasteiger partial charge in [0.15, 0.2) is 5.03 Å². The van der Waals surface area contributed by atoms with Crippen molar-refractivity contribution in [1.29, 1.82) is 0 Å². The fourth-order valence-electron chi connectivity index (χ4n) is 3.25. The Bertz CT molecular complexity index is 668. The lowest BCUT2D eigenvalue weighted by molar-refractivity contribution is -0.486. The maximum absolute atomic E-state index is 11.0. The first-order chi connectivity index (χ1) is 12.2. The molecule has 2 saturated heterocycles. The van der Waals surface area contributed by atoms with Crippen molar-refractivity contribution in [2.45, 2.75) is 19.8 Å². The minimum absolute atomic E-state index is 0.416. The summed E-state index contributed by atoms with van der Waals surface area (Å²) in [5.41, 5.74) is 2.35. The first-order valence-corrected chi connectivity index (χ1v) is 8.75. The number of nitro groups is 1. The lowest BCUT2D eigenvalue weighted by Crippen LogP contribution is -2.35. The third kappa shape index (κ3) is 4.57. The smallest absolute Gasteiger partial charge is 0.278 e. The van der Waals surface area contributed by atoms with E-state index in [1.165, 1.54) is 5.56 Å². The molecule has 1 aromatic rings. The molecule has 7 heteroatoms. The van der Waals surface area contributed by atoms with Crippen molar-refractivity contribution in [2.75, 3.05) is 32.8 Å². The van der Waals surface area contributed by atoms with Crippen molar-refractivity contribution in [3.63, 3.8) is 0 Å². The Balaban J connectivity index is 1.72. The number of hydrogen-bond acceptors (Lipinski definition) is 3. The number of ether oxygens (including phenoxy) is 1. The fourth-order valence-corrected chi connectivity index (χ4v) is 3.25. The zero-order valence-electron chi connectivity index (χ0n) is 14.5. The molecule has 134 valence electrons. The second-order valence-electron chi connectivity index (χ2n) is 6.42. The summed E-state index contributed by atoms with van der Waals surface area (Å²) in [6, 6.07) is 8.29. The molecule has 3 rings (SSSR count). The quantitative estimate of drug-likeness (QED) is 0.585. The molecule has 2 aliphatic heterocycles. The van der Waals surface area contributed by atoms with Crippen LogP contribution in [0.25, 0.3) is 6.08 Å². The van der Waals surface area contributed by atoms with E-state index in [1.54, 1.807) is 0 Å². The lowest BCUT2D eigenvalue weighted by Gasteiger charge is -2.21. The predicted molar refractivity (Wildman–Crippen MR) is 96.5 cm³/mol. The normalized spacial score (nSPS) is 22.4. The highest BCUT2D eigenvalue weighted by molar-refractivity contribution is 5.83. The summed E-state index contributed by atoms with van der Waals surface area (Å²) in [5, 5.41) is 14.0. The van der Waals surface area contributed by atoms with E-state index in [2.05, 4.69) is 24.2 Å². The topological polar surface area (TPSA) is 71.2 Å². The van der Waals surface area contributed by atoms with Gasteiger partial charge in [-0.05, 0) is 30.0 Å². The number of benzene rings is 1. The molecule has 0 radical (unpaired) electrons. The molecule has 1 unspecified atom stereocenters. The molecule has 0 amide bonds. The Kier molecular flexibility index (Phi) is 5.65. The van der Waals surface area contributed by atoms with E-state index in [9.17, 15) is 10.1 Å². The van der Waals surface area contributed by atoms with Crippen LogP contribution in [0.4, 0.5) is 0 Å². The van der Waals surface area contributed by atoms with Gasteiger partial charge in [0.05, 0.1) is 6.61 Å². The van der Waals surface area contributed by atoms with Crippen molar-refractivity contribution >= 4 is 12.0 Å². The summed E-state index contributed by atoms with van der Waals surface area (Å²) in [6.45, 7) is 5.81. The average Bonchev–Trinajstić information content (AvgIpc) is 3.24. The van der Waals surface area contributed by atoms with E-state index in [0.29, 0.717) is 18.4 Å². The van der Waals surface area contributed by atoms with Gasteiger partial charge in [-0.2, -0.15) is 0 Å². The van der Waals surface area contributed by atoms with Crippen LogP contribution >= 0.6 is 0 Å². The number of hydrazone groups is 1. The van der Waals surface area contributed by atoms with Crippen LogP contribution in [0, 0.1) is 16.0 Å². The second kappa shape index (κ2) is 8.11. The first-order valence-electron chi connectivity index (χ1n) is 8.75. The van der Waals surface area contributed by atoms with E-state index in [0.717, 1.165) is 44.7 Å². The highest BCUT2D eigenvalue weighted by atomic mass is 16.7. The third-order valence-corrected chi connectivity index (χ3v) is 4.63. The van der Waals surface area contributed by atoms with Gasteiger partial charge in [0.2, 0.25) is 0 Å². The molecule has 1 aromatic carbocycles. The summed E-state index contributed by atoms with van der Waals surface area (Å²) in [6.07, 6.45) is 5.86. The minimum atomic E-state index is -0.614. The van der Waals surface area contributed by atoms with Crippen LogP contribution in [0.15, 0.2) is 35.6 Å². The molecule has 2 heterocycles. The zero-order valence-corrected chi connectivity index (χ0v) is 14.5. The summed E-state index contributed by atoms with van der Waals surface area (Å²) in [4.78, 5) is 14.8. The van der Waals surface area contributed by atoms with Gasteiger partial charge in [0.25, 0.3) is 5.96 Å². The maximum atomic E-state index is 11.0. The number of guanidine groups is 1. The molecule has 0 aliphatic carbocycles. The van der Waals surface area contributed by atoms with Crippen LogP contribution in [0.5, 0.6) is 0 Å². The minimum Gasteiger partial charge on any atom is -0.381 e. The standard InChI is InChI=1S/C18H24N4O3/c1-2-15-4-3-5-16(12-15)6-8-20-9-10-21(18(20)19-22(23)24)13-17-7-11-25-14-17/h3-6,8,12,17H,2,7,9-11,13-14H2,1H3. The second-order valence-corrected chi connectivity index (χ2v) is 6.42. The van der Waals surface area contributed by atoms with Crippen LogP contribution in [0.2, 0.25) is 0 Å². The molecule has 2 aliphatic rings. The Hall–Kier alpha value is -2.41. The van der Waals surface area contributed by atoms with Crippen molar-refractivity contribution in [1.82, 2.24) is 9.80 Å². The van der Waals surface area contributed by atoms with E-state index >= 15 is 0 Å². The van der Waals surface area contributed by atoms with Gasteiger partial charge in [-0.25, -0.2) is 10.1 Å². The van der Waals surface area contributed by atoms with E-state index in [-0.39, 0.29) is 0 Å². The predicted octanol–water partition coefficient (Wildman–Crippen LogP) is 2.42. The SMILES string of the molecule is CCc1cccc(C=CN2CCN(CC3CCOC3)C2=N[N+](=O)[O-])c1. The lowest BCUT2D eigenvalue weighted by atomic mass is 10.1. The van der Waals surface area contributed by atoms with Gasteiger partial charge in [-0.3, -0.25) is 0 Å². The van der Waals surface area contributed by atoms with Crippen LogP contribution in [0.1, 0.15) is 24.5 Å². The van der Waals surface area contributed by atoms with Crippen molar-refractivity contribution in [3.8, 4) is 0 Å². The molecule has 7 nitrogen and oxygen atoms in total. The van der Waals surface area contributed by atoms with Crippen LogP contribution < -0.4 is 0 Å². The molecular weight excluding hydrogens is 320 g/mol. The molecular formula is C18H24N4O3. The summed E-state index contributed by atoms with van der Waals surface area (Å²) in [7, 11) is 0. The Morgan fingerprint density at radius 2 is 2.32 bits per heavy atom. The van der Waals surface area contributed by atoms with Crippen molar-refractivity contribution in [2.24, 2.45) is 11.0 Å². The van der Waals surface area contributed by atoms with Gasteiger partial charge in [0, 0.05) is 38.4 Å². The van der Waals surface area contributed by atoms with Crippen LogP contribution in [-0.2, 0) is 11.2 Å². The maximum Gasteiger partial charge on any atom is 0.278 e. The van der Waals surface area contributed by atoms with E-state index < -0.39 is 5.03 Å². The Labute approximate surface area is 147 Å². The van der Waals surface area contributed by atoms with Gasteiger partial charge in [0.1, 0.15) is 5.10 Å². The monoisotopic (exact) mass is 344 g/mol. The van der Waals surface area contributed by atoms with E-state index in [1.807, 2.05) is 34.2 Å². The third-order valence-electron chi connectivity index (χ3n) is 4.63.